The van der Waals surface area contributed by atoms with Crippen LogP contribution in [-0.4, -0.2) is 19.9 Å². The minimum atomic E-state index is 0. The highest BCUT2D eigenvalue weighted by Gasteiger charge is 2.06. The number of anilines is 2. The zero-order valence-corrected chi connectivity index (χ0v) is 10.7. The van der Waals surface area contributed by atoms with Crippen LogP contribution >= 0.6 is 15.9 Å². The maximum absolute atomic E-state index is 5.63. The molecule has 15 heavy (non-hydrogen) atoms. The molecule has 0 amide bonds. The van der Waals surface area contributed by atoms with E-state index >= 15 is 0 Å². The minimum Gasteiger partial charge on any atom is -1.00 e. The van der Waals surface area contributed by atoms with Crippen LogP contribution in [0, 0.1) is 0 Å². The summed E-state index contributed by atoms with van der Waals surface area (Å²) >= 11 is 3.27. The lowest BCUT2D eigenvalue weighted by molar-refractivity contribution is -0.00000321. The molecule has 2 heterocycles. The first-order valence-electron chi connectivity index (χ1n) is 3.81. The quantitative estimate of drug-likeness (QED) is 0.558. The van der Waals surface area contributed by atoms with Gasteiger partial charge >= 0.3 is 0 Å². The Hall–Kier alpha value is -1.02. The van der Waals surface area contributed by atoms with Gasteiger partial charge in [0.2, 0.25) is 5.95 Å². The topological polar surface area (TPSA) is 104 Å². The van der Waals surface area contributed by atoms with Crippen LogP contribution in [0.25, 0.3) is 11.2 Å². The Morgan fingerprint density at radius 3 is 2.60 bits per heavy atom. The Bertz CT molecular complexity index is 488. The molecule has 4 N–H and O–H groups in total. The second kappa shape index (κ2) is 4.67. The van der Waals surface area contributed by atoms with Crippen LogP contribution in [0.3, 0.4) is 0 Å². The fraction of sp³-hybridized carbons (Fsp3) is 0.143. The smallest absolute Gasteiger partial charge is 0.224 e. The number of hydrogen-bond acceptors (Lipinski definition) is 6. The van der Waals surface area contributed by atoms with Crippen LogP contribution in [0.15, 0.2) is 6.20 Å². The van der Waals surface area contributed by atoms with Crippen molar-refractivity contribution in [2.45, 2.75) is 5.33 Å². The van der Waals surface area contributed by atoms with E-state index in [4.69, 9.17) is 11.5 Å². The van der Waals surface area contributed by atoms with Crippen LogP contribution in [0.2, 0.25) is 0 Å². The molecule has 0 fully saturated rings. The normalized spacial score (nSPS) is 9.93. The fourth-order valence-corrected chi connectivity index (χ4v) is 1.32. The highest BCUT2D eigenvalue weighted by Crippen LogP contribution is 2.15. The molecule has 0 atom stereocenters. The number of nitrogen functional groups attached to an aromatic ring is 2. The van der Waals surface area contributed by atoms with Crippen LogP contribution in [0.4, 0.5) is 11.8 Å². The van der Waals surface area contributed by atoms with Crippen LogP contribution < -0.4 is 28.4 Å². The van der Waals surface area contributed by atoms with Crippen LogP contribution in [0.1, 0.15) is 5.69 Å². The minimum absolute atomic E-state index is 0. The number of halogens is 2. The summed E-state index contributed by atoms with van der Waals surface area (Å²) in [6.07, 6.45) is 1.61. The summed E-state index contributed by atoms with van der Waals surface area (Å²) in [7, 11) is 0. The van der Waals surface area contributed by atoms with Gasteiger partial charge in [0.1, 0.15) is 0 Å². The first kappa shape index (κ1) is 12.1. The molecule has 0 aliphatic heterocycles. The van der Waals surface area contributed by atoms with Crippen molar-refractivity contribution >= 4 is 38.9 Å². The van der Waals surface area contributed by atoms with Gasteiger partial charge < -0.3 is 28.4 Å². The third-order valence-corrected chi connectivity index (χ3v) is 2.21. The van der Waals surface area contributed by atoms with E-state index in [0.29, 0.717) is 16.5 Å². The average molecular weight is 335 g/mol. The summed E-state index contributed by atoms with van der Waals surface area (Å²) in [5.74, 6) is 0.360. The summed E-state index contributed by atoms with van der Waals surface area (Å²) in [6.45, 7) is 0. The predicted octanol–water partition coefficient (Wildman–Crippen LogP) is -2.52. The molecule has 0 spiro atoms. The maximum atomic E-state index is 5.63. The molecule has 0 radical (unpaired) electrons. The summed E-state index contributed by atoms with van der Waals surface area (Å²) in [5, 5.41) is 0.611. The summed E-state index contributed by atoms with van der Waals surface area (Å²) in [6, 6.07) is 0. The van der Waals surface area contributed by atoms with Gasteiger partial charge in [0.25, 0.3) is 0 Å². The average Bonchev–Trinajstić information content (AvgIpc) is 2.17. The number of nitrogens with zero attached hydrogens (tertiary/aromatic N) is 4. The number of rotatable bonds is 1. The van der Waals surface area contributed by atoms with Gasteiger partial charge in [-0.15, -0.1) is 0 Å². The van der Waals surface area contributed by atoms with Gasteiger partial charge in [-0.05, 0) is 0 Å². The molecule has 0 saturated heterocycles. The van der Waals surface area contributed by atoms with Crippen molar-refractivity contribution in [3.05, 3.63) is 11.9 Å². The molecule has 80 valence electrons. The number of nitrogens with two attached hydrogens (primary N) is 2. The molecular weight excluding hydrogens is 328 g/mol. The van der Waals surface area contributed by atoms with E-state index in [1.54, 1.807) is 6.20 Å². The highest BCUT2D eigenvalue weighted by atomic mass is 79.9. The molecule has 0 aromatic carbocycles. The van der Waals surface area contributed by atoms with E-state index in [0.717, 1.165) is 5.69 Å². The SMILES string of the molecule is Nc1nc(N)c2nc(CBr)cnc2n1.[Br-]. The molecule has 0 aliphatic carbocycles. The standard InChI is InChI=1S/C7H7BrN6.BrH/c8-1-3-2-11-6-4(12-3)5(9)13-7(10)14-6;/h2H,1H2,(H4,9,10,11,13,14);1H/p-1. The zero-order valence-electron chi connectivity index (χ0n) is 7.48. The Labute approximate surface area is 104 Å². The van der Waals surface area contributed by atoms with Crippen molar-refractivity contribution in [1.82, 2.24) is 19.9 Å². The van der Waals surface area contributed by atoms with E-state index in [9.17, 15) is 0 Å². The van der Waals surface area contributed by atoms with Crippen LogP contribution in [0.5, 0.6) is 0 Å². The second-order valence-corrected chi connectivity index (χ2v) is 3.19. The Balaban J connectivity index is 0.00000112. The molecule has 2 rings (SSSR count). The van der Waals surface area contributed by atoms with Crippen molar-refractivity contribution in [3.63, 3.8) is 0 Å². The Morgan fingerprint density at radius 1 is 1.20 bits per heavy atom. The van der Waals surface area contributed by atoms with Crippen molar-refractivity contribution in [2.24, 2.45) is 0 Å². The van der Waals surface area contributed by atoms with Gasteiger partial charge in [-0.2, -0.15) is 9.97 Å². The third kappa shape index (κ3) is 2.32. The lowest BCUT2D eigenvalue weighted by Gasteiger charge is -2.01. The number of aromatic nitrogens is 4. The molecule has 8 heteroatoms. The van der Waals surface area contributed by atoms with Crippen molar-refractivity contribution in [3.8, 4) is 0 Å². The van der Waals surface area contributed by atoms with Crippen molar-refractivity contribution < 1.29 is 17.0 Å². The second-order valence-electron chi connectivity index (χ2n) is 2.63. The maximum Gasteiger partial charge on any atom is 0.224 e. The van der Waals surface area contributed by atoms with Gasteiger partial charge in [-0.3, -0.25) is 0 Å². The Morgan fingerprint density at radius 2 is 1.93 bits per heavy atom. The van der Waals surface area contributed by atoms with Gasteiger partial charge in [-0.25, -0.2) is 9.97 Å². The molecule has 2 aromatic heterocycles. The van der Waals surface area contributed by atoms with E-state index in [1.165, 1.54) is 0 Å². The lowest BCUT2D eigenvalue weighted by atomic mass is 10.4. The third-order valence-electron chi connectivity index (χ3n) is 1.64. The largest absolute Gasteiger partial charge is 1.00 e. The van der Waals surface area contributed by atoms with Crippen molar-refractivity contribution in [2.75, 3.05) is 11.5 Å². The first-order chi connectivity index (χ1) is 6.70. The molecule has 0 aliphatic rings. The zero-order chi connectivity index (χ0) is 10.1. The lowest BCUT2D eigenvalue weighted by Crippen LogP contribution is -3.00. The fourth-order valence-electron chi connectivity index (χ4n) is 1.05. The van der Waals surface area contributed by atoms with Crippen LogP contribution in [-0.2, 0) is 5.33 Å². The van der Waals surface area contributed by atoms with Gasteiger partial charge in [0.05, 0.1) is 11.9 Å². The number of hydrogen-bond donors (Lipinski definition) is 2. The summed E-state index contributed by atoms with van der Waals surface area (Å²) in [4.78, 5) is 16.0. The molecule has 0 saturated carbocycles. The number of alkyl halides is 1. The first-order valence-corrected chi connectivity index (χ1v) is 4.93. The van der Waals surface area contributed by atoms with Gasteiger partial charge in [-0.1, -0.05) is 15.9 Å². The van der Waals surface area contributed by atoms with Gasteiger partial charge in [0, 0.05) is 5.33 Å². The molecule has 2 aromatic rings. The molecular formula is C7H7Br2N6-. The summed E-state index contributed by atoms with van der Waals surface area (Å²) in [5.41, 5.74) is 12.7. The molecule has 6 nitrogen and oxygen atoms in total. The molecule has 0 unspecified atom stereocenters. The van der Waals surface area contributed by atoms with E-state index in [2.05, 4.69) is 35.9 Å². The van der Waals surface area contributed by atoms with E-state index < -0.39 is 0 Å². The Kier molecular flexibility index (Phi) is 3.75. The predicted molar refractivity (Wildman–Crippen MR) is 56.6 cm³/mol. The van der Waals surface area contributed by atoms with E-state index in [-0.39, 0.29) is 28.7 Å². The van der Waals surface area contributed by atoms with Crippen molar-refractivity contribution in [1.29, 1.82) is 0 Å². The van der Waals surface area contributed by atoms with E-state index in [1.807, 2.05) is 0 Å². The highest BCUT2D eigenvalue weighted by molar-refractivity contribution is 9.08. The van der Waals surface area contributed by atoms with Gasteiger partial charge in [0.15, 0.2) is 17.0 Å². The monoisotopic (exact) mass is 333 g/mol. The molecule has 0 bridgehead atoms. The number of fused-ring (bicyclic) bond motifs is 1. The summed E-state index contributed by atoms with van der Waals surface area (Å²) < 4.78 is 0.